The molecule has 98 valence electrons. The van der Waals surface area contributed by atoms with Crippen LogP contribution in [0.1, 0.15) is 15.9 Å². The van der Waals surface area contributed by atoms with Gasteiger partial charge in [0.1, 0.15) is 12.4 Å². The summed E-state index contributed by atoms with van der Waals surface area (Å²) in [5.41, 5.74) is 6.70. The van der Waals surface area contributed by atoms with Gasteiger partial charge in [-0.05, 0) is 35.9 Å². The minimum absolute atomic E-state index is 0.116. The predicted octanol–water partition coefficient (Wildman–Crippen LogP) is 2.98. The molecule has 0 heterocycles. The number of nitrogens with two attached hydrogens (primary N) is 1. The summed E-state index contributed by atoms with van der Waals surface area (Å²) in [6.45, 7) is 0.116. The maximum absolute atomic E-state index is 11.8. The highest BCUT2D eigenvalue weighted by atomic mass is 35.5. The summed E-state index contributed by atoms with van der Waals surface area (Å²) in [7, 11) is 0. The molecule has 5 heteroatoms. The third-order valence-corrected chi connectivity index (χ3v) is 2.76. The standard InChI is InChI=1S/C14H12ClNO3/c15-11-3-1-2-9(6-11)8-19-14(18)10-4-5-12(16)13(17)7-10/h1-7,17H,8,16H2. The van der Waals surface area contributed by atoms with E-state index >= 15 is 0 Å². The summed E-state index contributed by atoms with van der Waals surface area (Å²) in [4.78, 5) is 11.8. The van der Waals surface area contributed by atoms with Crippen LogP contribution in [0.15, 0.2) is 42.5 Å². The Morgan fingerprint density at radius 3 is 2.74 bits per heavy atom. The van der Waals surface area contributed by atoms with Crippen LogP contribution in [0.25, 0.3) is 0 Å². The van der Waals surface area contributed by atoms with Crippen LogP contribution in [0.5, 0.6) is 5.75 Å². The van der Waals surface area contributed by atoms with Gasteiger partial charge in [-0.25, -0.2) is 4.79 Å². The largest absolute Gasteiger partial charge is 0.506 e. The summed E-state index contributed by atoms with van der Waals surface area (Å²) in [6, 6.07) is 11.3. The number of esters is 1. The molecule has 0 amide bonds. The molecule has 0 radical (unpaired) electrons. The minimum Gasteiger partial charge on any atom is -0.506 e. The molecule has 0 fully saturated rings. The normalized spacial score (nSPS) is 10.2. The van der Waals surface area contributed by atoms with Gasteiger partial charge in [0.25, 0.3) is 0 Å². The summed E-state index contributed by atoms with van der Waals surface area (Å²) in [5.74, 6) is -0.674. The number of benzene rings is 2. The van der Waals surface area contributed by atoms with Crippen LogP contribution in [0.3, 0.4) is 0 Å². The molecule has 0 aliphatic heterocycles. The zero-order valence-corrected chi connectivity index (χ0v) is 10.7. The number of halogens is 1. The second-order valence-corrected chi connectivity index (χ2v) is 4.42. The van der Waals surface area contributed by atoms with Crippen LogP contribution < -0.4 is 5.73 Å². The summed E-state index contributed by atoms with van der Waals surface area (Å²) in [6.07, 6.45) is 0. The number of ether oxygens (including phenoxy) is 1. The molecule has 0 bridgehead atoms. The monoisotopic (exact) mass is 277 g/mol. The van der Waals surface area contributed by atoms with Crippen molar-refractivity contribution in [1.82, 2.24) is 0 Å². The molecular formula is C14H12ClNO3. The number of anilines is 1. The number of phenols is 1. The maximum atomic E-state index is 11.8. The van der Waals surface area contributed by atoms with Crippen molar-refractivity contribution in [2.45, 2.75) is 6.61 Å². The number of carbonyl (C=O) groups excluding carboxylic acids is 1. The van der Waals surface area contributed by atoms with E-state index in [0.29, 0.717) is 5.02 Å². The number of hydrogen-bond donors (Lipinski definition) is 2. The summed E-state index contributed by atoms with van der Waals surface area (Å²) in [5, 5.41) is 10.0. The van der Waals surface area contributed by atoms with Crippen molar-refractivity contribution in [3.05, 3.63) is 58.6 Å². The molecule has 0 atom stereocenters. The molecule has 0 saturated carbocycles. The number of nitrogen functional groups attached to an aromatic ring is 1. The number of hydrogen-bond acceptors (Lipinski definition) is 4. The Labute approximate surface area is 115 Å². The lowest BCUT2D eigenvalue weighted by Gasteiger charge is -2.06. The summed E-state index contributed by atoms with van der Waals surface area (Å²) < 4.78 is 5.11. The van der Waals surface area contributed by atoms with Gasteiger partial charge in [0, 0.05) is 5.02 Å². The first-order valence-corrected chi connectivity index (χ1v) is 5.94. The molecule has 0 saturated heterocycles. The Kier molecular flexibility index (Phi) is 3.92. The Balaban J connectivity index is 2.03. The van der Waals surface area contributed by atoms with Crippen LogP contribution in [-0.4, -0.2) is 11.1 Å². The average Bonchev–Trinajstić information content (AvgIpc) is 2.39. The van der Waals surface area contributed by atoms with E-state index in [1.54, 1.807) is 24.3 Å². The van der Waals surface area contributed by atoms with Gasteiger partial charge in [-0.3, -0.25) is 0 Å². The van der Waals surface area contributed by atoms with Gasteiger partial charge in [-0.2, -0.15) is 0 Å². The number of rotatable bonds is 3. The van der Waals surface area contributed by atoms with Crippen molar-refractivity contribution in [2.24, 2.45) is 0 Å². The van der Waals surface area contributed by atoms with Gasteiger partial charge in [0.2, 0.25) is 0 Å². The lowest BCUT2D eigenvalue weighted by molar-refractivity contribution is 0.0472. The highest BCUT2D eigenvalue weighted by Gasteiger charge is 2.09. The molecule has 0 aliphatic carbocycles. The van der Waals surface area contributed by atoms with Crippen molar-refractivity contribution < 1.29 is 14.6 Å². The van der Waals surface area contributed by atoms with Crippen molar-refractivity contribution in [2.75, 3.05) is 5.73 Å². The minimum atomic E-state index is -0.532. The van der Waals surface area contributed by atoms with Crippen LogP contribution in [0, 0.1) is 0 Å². The van der Waals surface area contributed by atoms with Gasteiger partial charge in [-0.15, -0.1) is 0 Å². The Morgan fingerprint density at radius 1 is 1.26 bits per heavy atom. The molecule has 4 nitrogen and oxygen atoms in total. The Hall–Kier alpha value is -2.20. The second-order valence-electron chi connectivity index (χ2n) is 3.98. The van der Waals surface area contributed by atoms with Crippen LogP contribution >= 0.6 is 11.6 Å². The first-order valence-electron chi connectivity index (χ1n) is 5.56. The molecule has 2 rings (SSSR count). The van der Waals surface area contributed by atoms with E-state index in [1.807, 2.05) is 0 Å². The lowest BCUT2D eigenvalue weighted by atomic mass is 10.2. The Morgan fingerprint density at radius 2 is 2.05 bits per heavy atom. The first kappa shape index (κ1) is 13.2. The molecule has 0 aliphatic rings. The molecule has 0 aromatic heterocycles. The van der Waals surface area contributed by atoms with Gasteiger partial charge < -0.3 is 15.6 Å². The predicted molar refractivity (Wildman–Crippen MR) is 73.1 cm³/mol. The topological polar surface area (TPSA) is 72.6 Å². The number of aromatic hydroxyl groups is 1. The highest BCUT2D eigenvalue weighted by Crippen LogP contribution is 2.21. The quantitative estimate of drug-likeness (QED) is 0.514. The fraction of sp³-hybridized carbons (Fsp3) is 0.0714. The van der Waals surface area contributed by atoms with Gasteiger partial charge in [-0.1, -0.05) is 23.7 Å². The van der Waals surface area contributed by atoms with E-state index in [-0.39, 0.29) is 23.6 Å². The van der Waals surface area contributed by atoms with E-state index in [2.05, 4.69) is 0 Å². The third-order valence-electron chi connectivity index (χ3n) is 2.53. The van der Waals surface area contributed by atoms with Crippen molar-refractivity contribution in [1.29, 1.82) is 0 Å². The average molecular weight is 278 g/mol. The molecule has 0 unspecified atom stereocenters. The van der Waals surface area contributed by atoms with Crippen molar-refractivity contribution >= 4 is 23.3 Å². The Bertz CT molecular complexity index is 613. The third kappa shape index (κ3) is 3.39. The molecular weight excluding hydrogens is 266 g/mol. The number of phenolic OH excluding ortho intramolecular Hbond substituents is 1. The molecule has 19 heavy (non-hydrogen) atoms. The van der Waals surface area contributed by atoms with Gasteiger partial charge in [0.15, 0.2) is 0 Å². The number of carbonyl (C=O) groups is 1. The van der Waals surface area contributed by atoms with E-state index in [9.17, 15) is 9.90 Å². The van der Waals surface area contributed by atoms with Crippen molar-refractivity contribution in [3.63, 3.8) is 0 Å². The second kappa shape index (κ2) is 5.63. The highest BCUT2D eigenvalue weighted by molar-refractivity contribution is 6.30. The van der Waals surface area contributed by atoms with Crippen LogP contribution in [0.2, 0.25) is 5.02 Å². The fourth-order valence-electron chi connectivity index (χ4n) is 1.53. The molecule has 0 spiro atoms. The van der Waals surface area contributed by atoms with E-state index < -0.39 is 5.97 Å². The summed E-state index contributed by atoms with van der Waals surface area (Å²) >= 11 is 5.83. The van der Waals surface area contributed by atoms with Gasteiger partial charge in [0.05, 0.1) is 11.3 Å². The zero-order valence-electron chi connectivity index (χ0n) is 9.97. The molecule has 3 N–H and O–H groups in total. The molecule has 2 aromatic rings. The van der Waals surface area contributed by atoms with E-state index in [0.717, 1.165) is 5.56 Å². The SMILES string of the molecule is Nc1ccc(C(=O)OCc2cccc(Cl)c2)cc1O. The smallest absolute Gasteiger partial charge is 0.338 e. The van der Waals surface area contributed by atoms with Gasteiger partial charge >= 0.3 is 5.97 Å². The van der Waals surface area contributed by atoms with Crippen molar-refractivity contribution in [3.8, 4) is 5.75 Å². The lowest BCUT2D eigenvalue weighted by Crippen LogP contribution is -2.05. The zero-order chi connectivity index (χ0) is 13.8. The maximum Gasteiger partial charge on any atom is 0.338 e. The molecule has 2 aromatic carbocycles. The van der Waals surface area contributed by atoms with E-state index in [1.165, 1.54) is 18.2 Å². The van der Waals surface area contributed by atoms with Crippen LogP contribution in [0.4, 0.5) is 5.69 Å². The van der Waals surface area contributed by atoms with E-state index in [4.69, 9.17) is 22.1 Å². The first-order chi connectivity index (χ1) is 9.06. The van der Waals surface area contributed by atoms with Crippen LogP contribution in [-0.2, 0) is 11.3 Å². The fourth-order valence-corrected chi connectivity index (χ4v) is 1.74.